The Morgan fingerprint density at radius 2 is 2.20 bits per heavy atom. The van der Waals surface area contributed by atoms with E-state index in [0.717, 1.165) is 11.5 Å². The van der Waals surface area contributed by atoms with Crippen molar-refractivity contribution in [2.75, 3.05) is 11.5 Å². The van der Waals surface area contributed by atoms with E-state index in [-0.39, 0.29) is 5.91 Å². The third-order valence-electron chi connectivity index (χ3n) is 2.46. The van der Waals surface area contributed by atoms with Gasteiger partial charge in [0.2, 0.25) is 0 Å². The summed E-state index contributed by atoms with van der Waals surface area (Å²) in [7, 11) is 0. The second-order valence-electron chi connectivity index (χ2n) is 3.40. The van der Waals surface area contributed by atoms with Gasteiger partial charge in [0.1, 0.15) is 0 Å². The Hall–Kier alpha value is -0.590. The summed E-state index contributed by atoms with van der Waals surface area (Å²) in [6.07, 6.45) is 1.51. The predicted octanol–water partition coefficient (Wildman–Crippen LogP) is 1.37. The number of furan rings is 1. The van der Waals surface area contributed by atoms with Crippen LogP contribution in [0.1, 0.15) is 10.6 Å². The molecular weight excluding hydrogens is 232 g/mol. The number of hydrazine groups is 1. The van der Waals surface area contributed by atoms with Gasteiger partial charge in [0, 0.05) is 11.5 Å². The molecule has 1 aromatic rings. The second-order valence-corrected chi connectivity index (χ2v) is 5.82. The Morgan fingerprint density at radius 3 is 2.73 bits per heavy atom. The average molecular weight is 242 g/mol. The minimum absolute atomic E-state index is 0.153. The van der Waals surface area contributed by atoms with Crippen LogP contribution in [0.15, 0.2) is 22.8 Å². The van der Waals surface area contributed by atoms with Gasteiger partial charge in [-0.25, -0.2) is 0 Å². The summed E-state index contributed by atoms with van der Waals surface area (Å²) in [5.74, 6) is 2.40. The van der Waals surface area contributed by atoms with Crippen molar-refractivity contribution in [1.29, 1.82) is 0 Å². The Balaban J connectivity index is 1.69. The van der Waals surface area contributed by atoms with Gasteiger partial charge in [0.15, 0.2) is 5.76 Å². The molecule has 4 nitrogen and oxygen atoms in total. The molecule has 2 aliphatic heterocycles. The highest BCUT2D eigenvalue weighted by Gasteiger charge is 2.42. The van der Waals surface area contributed by atoms with Crippen LogP contribution >= 0.6 is 23.5 Å². The van der Waals surface area contributed by atoms with Crippen LogP contribution in [0.3, 0.4) is 0 Å². The molecule has 3 rings (SSSR count). The lowest BCUT2D eigenvalue weighted by atomic mass is 10.4. The van der Waals surface area contributed by atoms with E-state index in [1.165, 1.54) is 6.26 Å². The van der Waals surface area contributed by atoms with Crippen molar-refractivity contribution in [1.82, 2.24) is 10.4 Å². The molecule has 1 aromatic heterocycles. The zero-order chi connectivity index (χ0) is 10.3. The lowest BCUT2D eigenvalue weighted by Crippen LogP contribution is -2.45. The molecule has 1 N–H and O–H groups in total. The molecule has 2 atom stereocenters. The molecule has 3 heterocycles. The molecule has 0 saturated carbocycles. The van der Waals surface area contributed by atoms with Crippen LogP contribution in [0.4, 0.5) is 0 Å². The third-order valence-corrected chi connectivity index (χ3v) is 5.45. The highest BCUT2D eigenvalue weighted by atomic mass is 32.2. The highest BCUT2D eigenvalue weighted by Crippen LogP contribution is 2.42. The first kappa shape index (κ1) is 9.62. The van der Waals surface area contributed by atoms with E-state index < -0.39 is 0 Å². The van der Waals surface area contributed by atoms with Gasteiger partial charge in [-0.1, -0.05) is 0 Å². The second kappa shape index (κ2) is 3.77. The summed E-state index contributed by atoms with van der Waals surface area (Å²) >= 11 is 3.80. The summed E-state index contributed by atoms with van der Waals surface area (Å²) in [5.41, 5.74) is 2.90. The first-order valence-electron chi connectivity index (χ1n) is 4.70. The van der Waals surface area contributed by atoms with Gasteiger partial charge in [-0.05, 0) is 12.1 Å². The third kappa shape index (κ3) is 1.66. The van der Waals surface area contributed by atoms with Crippen LogP contribution in [0.2, 0.25) is 0 Å². The van der Waals surface area contributed by atoms with Crippen molar-refractivity contribution in [3.05, 3.63) is 24.2 Å². The lowest BCUT2D eigenvalue weighted by Gasteiger charge is -2.19. The van der Waals surface area contributed by atoms with Gasteiger partial charge < -0.3 is 4.42 Å². The van der Waals surface area contributed by atoms with E-state index >= 15 is 0 Å². The van der Waals surface area contributed by atoms with E-state index in [1.807, 2.05) is 28.5 Å². The van der Waals surface area contributed by atoms with Crippen molar-refractivity contribution in [3.63, 3.8) is 0 Å². The molecule has 0 spiro atoms. The van der Waals surface area contributed by atoms with Crippen molar-refractivity contribution in [2.24, 2.45) is 0 Å². The number of nitrogens with zero attached hydrogens (tertiary/aromatic N) is 1. The predicted molar refractivity (Wildman–Crippen MR) is 60.5 cm³/mol. The lowest BCUT2D eigenvalue weighted by molar-refractivity contribution is 0.0768. The van der Waals surface area contributed by atoms with Crippen LogP contribution in [0.25, 0.3) is 0 Å². The Kier molecular flexibility index (Phi) is 2.42. The maximum absolute atomic E-state index is 11.7. The summed E-state index contributed by atoms with van der Waals surface area (Å²) < 4.78 is 5.04. The Bertz CT molecular complexity index is 348. The summed E-state index contributed by atoms with van der Waals surface area (Å²) in [5, 5.41) is 2.90. The smallest absolute Gasteiger partial charge is 0.301 e. The monoisotopic (exact) mass is 242 g/mol. The molecular formula is C9H10N2O2S2. The molecule has 2 bridgehead atoms. The first-order valence-corrected chi connectivity index (χ1v) is 6.80. The maximum Gasteiger partial charge on any atom is 0.301 e. The maximum atomic E-state index is 11.7. The number of carbonyl (C=O) groups excluding carboxylic acids is 1. The van der Waals surface area contributed by atoms with Crippen LogP contribution in [0, 0.1) is 0 Å². The number of thioether (sulfide) groups is 2. The molecule has 0 radical (unpaired) electrons. The largest absolute Gasteiger partial charge is 0.459 e. The van der Waals surface area contributed by atoms with Crippen LogP contribution < -0.4 is 5.43 Å². The molecule has 0 unspecified atom stereocenters. The summed E-state index contributed by atoms with van der Waals surface area (Å²) in [4.78, 5) is 11.7. The Morgan fingerprint density at radius 1 is 1.47 bits per heavy atom. The molecule has 2 aliphatic rings. The number of carbonyl (C=O) groups is 1. The topological polar surface area (TPSA) is 45.5 Å². The molecule has 0 aromatic carbocycles. The van der Waals surface area contributed by atoms with Gasteiger partial charge in [-0.2, -0.15) is 5.01 Å². The van der Waals surface area contributed by atoms with Crippen molar-refractivity contribution in [2.45, 2.75) is 10.7 Å². The van der Waals surface area contributed by atoms with E-state index in [0.29, 0.717) is 16.5 Å². The fourth-order valence-corrected chi connectivity index (χ4v) is 4.85. The van der Waals surface area contributed by atoms with Crippen LogP contribution in [-0.2, 0) is 0 Å². The number of nitrogens with one attached hydrogen (secondary N) is 1. The number of rotatable bonds is 2. The number of hydrogen-bond acceptors (Lipinski definition) is 5. The fourth-order valence-electron chi connectivity index (χ4n) is 1.71. The zero-order valence-corrected chi connectivity index (χ0v) is 9.51. The van der Waals surface area contributed by atoms with E-state index in [1.54, 1.807) is 12.1 Å². The van der Waals surface area contributed by atoms with Crippen molar-refractivity contribution < 1.29 is 9.21 Å². The molecule has 80 valence electrons. The Labute approximate surface area is 95.7 Å². The zero-order valence-electron chi connectivity index (χ0n) is 7.88. The summed E-state index contributed by atoms with van der Waals surface area (Å²) in [6.45, 7) is 0. The quantitative estimate of drug-likeness (QED) is 0.848. The standard InChI is InChI=1S/C9H10N2O2S2/c12-9(6-2-1-3-13-6)10-11-7-4-14-8(11)5-15-7/h1-3,7-8H,4-5H2,(H,10,12)/t7-,8-/m1/s1. The molecule has 15 heavy (non-hydrogen) atoms. The number of amides is 1. The van der Waals surface area contributed by atoms with Crippen molar-refractivity contribution in [3.8, 4) is 0 Å². The van der Waals surface area contributed by atoms with Gasteiger partial charge in [0.25, 0.3) is 0 Å². The van der Waals surface area contributed by atoms with E-state index in [4.69, 9.17) is 4.42 Å². The fraction of sp³-hybridized carbons (Fsp3) is 0.444. The molecule has 0 aliphatic carbocycles. The van der Waals surface area contributed by atoms with Crippen molar-refractivity contribution >= 4 is 29.4 Å². The van der Waals surface area contributed by atoms with Crippen LogP contribution in [0.5, 0.6) is 0 Å². The molecule has 2 saturated heterocycles. The SMILES string of the molecule is O=C(NN1[C@H]2CS[C@@H]1CS2)c1ccco1. The normalized spacial score (nSPS) is 29.6. The number of fused-ring (bicyclic) bond motifs is 2. The molecule has 1 amide bonds. The van der Waals surface area contributed by atoms with Crippen LogP contribution in [-0.4, -0.2) is 33.2 Å². The average Bonchev–Trinajstić information content (AvgIpc) is 2.94. The minimum atomic E-state index is -0.153. The van der Waals surface area contributed by atoms with E-state index in [9.17, 15) is 4.79 Å². The first-order chi connectivity index (χ1) is 7.34. The highest BCUT2D eigenvalue weighted by molar-refractivity contribution is 8.07. The minimum Gasteiger partial charge on any atom is -0.459 e. The van der Waals surface area contributed by atoms with Gasteiger partial charge in [-0.3, -0.25) is 10.2 Å². The van der Waals surface area contributed by atoms with Gasteiger partial charge >= 0.3 is 5.91 Å². The van der Waals surface area contributed by atoms with Gasteiger partial charge in [0.05, 0.1) is 17.0 Å². The molecule has 2 fully saturated rings. The number of hydrogen-bond donors (Lipinski definition) is 1. The summed E-state index contributed by atoms with van der Waals surface area (Å²) in [6, 6.07) is 3.39. The van der Waals surface area contributed by atoms with Gasteiger partial charge in [-0.15, -0.1) is 23.5 Å². The molecule has 6 heteroatoms. The van der Waals surface area contributed by atoms with E-state index in [2.05, 4.69) is 5.43 Å².